The molecule has 2 amide bonds. The molecule has 28 heavy (non-hydrogen) atoms. The average Bonchev–Trinajstić information content (AvgIpc) is 3.17. The van der Waals surface area contributed by atoms with Gasteiger partial charge in [-0.15, -0.1) is 12.4 Å². The molecule has 1 aliphatic heterocycles. The number of rotatable bonds is 4. The molecule has 8 heteroatoms. The quantitative estimate of drug-likeness (QED) is 0.616. The van der Waals surface area contributed by atoms with Crippen molar-refractivity contribution in [1.82, 2.24) is 5.32 Å². The van der Waals surface area contributed by atoms with Gasteiger partial charge in [0.25, 0.3) is 0 Å². The molecule has 3 N–H and O–H groups in total. The standard InChI is InChI=1S/C20H22N4O3.ClH/c1-26-18-5-3-2-4-16(18)23-20(25)22-15-12-14-6-11-27-19(14)17(13-15)24-9-7-21-8-10-24;/h2-6,11-13,21H,7-10H2,1H3,(H2,22,23,25);1H. The molecule has 2 aromatic carbocycles. The molecule has 0 saturated carbocycles. The molecular weight excluding hydrogens is 380 g/mol. The first-order chi connectivity index (χ1) is 13.2. The van der Waals surface area contributed by atoms with E-state index in [4.69, 9.17) is 9.15 Å². The number of nitrogens with zero attached hydrogens (tertiary/aromatic N) is 1. The third kappa shape index (κ3) is 4.16. The molecule has 1 aliphatic rings. The Morgan fingerprint density at radius 3 is 2.71 bits per heavy atom. The summed E-state index contributed by atoms with van der Waals surface area (Å²) in [6, 6.07) is 12.7. The van der Waals surface area contributed by atoms with Crippen molar-refractivity contribution in [2.75, 3.05) is 48.8 Å². The first-order valence-electron chi connectivity index (χ1n) is 8.92. The summed E-state index contributed by atoms with van der Waals surface area (Å²) in [5.41, 5.74) is 3.16. The summed E-state index contributed by atoms with van der Waals surface area (Å²) in [5, 5.41) is 10.0. The number of para-hydroxylation sites is 2. The third-order valence-corrected chi connectivity index (χ3v) is 4.60. The van der Waals surface area contributed by atoms with Gasteiger partial charge in [-0.05, 0) is 30.3 Å². The van der Waals surface area contributed by atoms with Gasteiger partial charge in [-0.3, -0.25) is 0 Å². The van der Waals surface area contributed by atoms with Crippen molar-refractivity contribution < 1.29 is 13.9 Å². The maximum absolute atomic E-state index is 12.5. The Kier molecular flexibility index (Phi) is 6.28. The molecule has 2 heterocycles. The Morgan fingerprint density at radius 2 is 1.93 bits per heavy atom. The molecule has 0 spiro atoms. The summed E-state index contributed by atoms with van der Waals surface area (Å²) < 4.78 is 11.0. The van der Waals surface area contributed by atoms with E-state index in [2.05, 4.69) is 20.9 Å². The zero-order chi connectivity index (χ0) is 18.6. The van der Waals surface area contributed by atoms with Crippen molar-refractivity contribution in [3.05, 3.63) is 48.7 Å². The molecule has 4 rings (SSSR count). The number of hydrogen-bond acceptors (Lipinski definition) is 5. The number of fused-ring (bicyclic) bond motifs is 1. The summed E-state index contributed by atoms with van der Waals surface area (Å²) >= 11 is 0. The number of ether oxygens (including phenoxy) is 1. The molecule has 7 nitrogen and oxygen atoms in total. The largest absolute Gasteiger partial charge is 0.495 e. The van der Waals surface area contributed by atoms with Gasteiger partial charge in [-0.2, -0.15) is 0 Å². The first kappa shape index (κ1) is 19.9. The van der Waals surface area contributed by atoms with Crippen LogP contribution in [0.25, 0.3) is 11.0 Å². The fraction of sp³-hybridized carbons (Fsp3) is 0.250. The summed E-state index contributed by atoms with van der Waals surface area (Å²) in [5.74, 6) is 0.611. The zero-order valence-electron chi connectivity index (χ0n) is 15.5. The first-order valence-corrected chi connectivity index (χ1v) is 8.92. The molecule has 148 valence electrons. The average molecular weight is 403 g/mol. The minimum absolute atomic E-state index is 0. The van der Waals surface area contributed by atoms with E-state index in [0.717, 1.165) is 42.8 Å². The van der Waals surface area contributed by atoms with Crippen LogP contribution in [0.4, 0.5) is 21.9 Å². The number of carbonyl (C=O) groups excluding carboxylic acids is 1. The zero-order valence-corrected chi connectivity index (χ0v) is 16.3. The van der Waals surface area contributed by atoms with Crippen molar-refractivity contribution in [2.45, 2.75) is 0 Å². The van der Waals surface area contributed by atoms with Crippen LogP contribution in [0, 0.1) is 0 Å². The van der Waals surface area contributed by atoms with E-state index in [-0.39, 0.29) is 18.4 Å². The number of amides is 2. The van der Waals surface area contributed by atoms with Crippen LogP contribution < -0.4 is 25.6 Å². The van der Waals surface area contributed by atoms with Crippen molar-refractivity contribution in [2.24, 2.45) is 0 Å². The lowest BCUT2D eigenvalue weighted by atomic mass is 10.1. The van der Waals surface area contributed by atoms with Crippen LogP contribution in [0.5, 0.6) is 5.75 Å². The monoisotopic (exact) mass is 402 g/mol. The Morgan fingerprint density at radius 1 is 1.14 bits per heavy atom. The van der Waals surface area contributed by atoms with Crippen LogP contribution in [0.2, 0.25) is 0 Å². The van der Waals surface area contributed by atoms with E-state index in [0.29, 0.717) is 17.1 Å². The fourth-order valence-corrected chi connectivity index (χ4v) is 3.31. The van der Waals surface area contributed by atoms with Crippen molar-refractivity contribution in [3.8, 4) is 5.75 Å². The Hall–Kier alpha value is -2.90. The van der Waals surface area contributed by atoms with E-state index < -0.39 is 0 Å². The van der Waals surface area contributed by atoms with E-state index in [1.807, 2.05) is 30.3 Å². The Labute approximate surface area is 169 Å². The van der Waals surface area contributed by atoms with E-state index in [9.17, 15) is 4.79 Å². The predicted octanol–water partition coefficient (Wildman–Crippen LogP) is 3.92. The van der Waals surface area contributed by atoms with Gasteiger partial charge in [0.2, 0.25) is 0 Å². The summed E-state index contributed by atoms with van der Waals surface area (Å²) in [6.45, 7) is 3.64. The highest BCUT2D eigenvalue weighted by molar-refractivity contribution is 6.03. The van der Waals surface area contributed by atoms with Gasteiger partial charge in [0.15, 0.2) is 5.58 Å². The second kappa shape index (κ2) is 8.86. The fourth-order valence-electron chi connectivity index (χ4n) is 3.31. The molecule has 1 saturated heterocycles. The molecule has 0 aliphatic carbocycles. The normalized spacial score (nSPS) is 13.7. The second-order valence-electron chi connectivity index (χ2n) is 6.35. The maximum atomic E-state index is 12.5. The molecule has 0 radical (unpaired) electrons. The van der Waals surface area contributed by atoms with Crippen LogP contribution in [0.3, 0.4) is 0 Å². The molecule has 1 aromatic heterocycles. The summed E-state index contributed by atoms with van der Waals surface area (Å²) in [6.07, 6.45) is 1.68. The number of piperazine rings is 1. The van der Waals surface area contributed by atoms with Crippen molar-refractivity contribution in [1.29, 1.82) is 0 Å². The number of urea groups is 1. The van der Waals surface area contributed by atoms with Gasteiger partial charge in [0.05, 0.1) is 24.7 Å². The molecule has 3 aromatic rings. The van der Waals surface area contributed by atoms with Crippen LogP contribution in [-0.2, 0) is 0 Å². The van der Waals surface area contributed by atoms with E-state index in [1.165, 1.54) is 0 Å². The van der Waals surface area contributed by atoms with Crippen LogP contribution in [0.15, 0.2) is 53.1 Å². The minimum atomic E-state index is -0.325. The SMILES string of the molecule is COc1ccccc1NC(=O)Nc1cc(N2CCNCC2)c2occc2c1.Cl. The number of benzene rings is 2. The smallest absolute Gasteiger partial charge is 0.323 e. The lowest BCUT2D eigenvalue weighted by molar-refractivity contribution is 0.262. The molecule has 1 fully saturated rings. The molecule has 0 unspecified atom stereocenters. The number of furan rings is 1. The van der Waals surface area contributed by atoms with Gasteiger partial charge in [-0.25, -0.2) is 4.79 Å². The summed E-state index contributed by atoms with van der Waals surface area (Å²) in [7, 11) is 1.57. The van der Waals surface area contributed by atoms with E-state index >= 15 is 0 Å². The number of methoxy groups -OCH3 is 1. The highest BCUT2D eigenvalue weighted by Crippen LogP contribution is 2.32. The van der Waals surface area contributed by atoms with Crippen molar-refractivity contribution >= 4 is 46.5 Å². The lowest BCUT2D eigenvalue weighted by Crippen LogP contribution is -2.43. The molecular formula is C20H23ClN4O3. The molecule has 0 atom stereocenters. The van der Waals surface area contributed by atoms with Gasteiger partial charge in [0.1, 0.15) is 5.75 Å². The number of carbonyl (C=O) groups is 1. The van der Waals surface area contributed by atoms with Crippen LogP contribution in [-0.4, -0.2) is 39.3 Å². The Bertz CT molecular complexity index is 954. The highest BCUT2D eigenvalue weighted by atomic mass is 35.5. The van der Waals surface area contributed by atoms with Gasteiger partial charge in [0, 0.05) is 37.3 Å². The van der Waals surface area contributed by atoms with Crippen molar-refractivity contribution in [3.63, 3.8) is 0 Å². The molecule has 0 bridgehead atoms. The number of halogens is 1. The van der Waals surface area contributed by atoms with Gasteiger partial charge >= 0.3 is 6.03 Å². The third-order valence-electron chi connectivity index (χ3n) is 4.60. The van der Waals surface area contributed by atoms with E-state index in [1.54, 1.807) is 25.5 Å². The van der Waals surface area contributed by atoms with Gasteiger partial charge < -0.3 is 30.0 Å². The maximum Gasteiger partial charge on any atom is 0.323 e. The second-order valence-corrected chi connectivity index (χ2v) is 6.35. The highest BCUT2D eigenvalue weighted by Gasteiger charge is 2.17. The predicted molar refractivity (Wildman–Crippen MR) is 114 cm³/mol. The Balaban J connectivity index is 0.00000225. The number of anilines is 3. The van der Waals surface area contributed by atoms with Crippen LogP contribution in [0.1, 0.15) is 0 Å². The van der Waals surface area contributed by atoms with Crippen LogP contribution >= 0.6 is 12.4 Å². The topological polar surface area (TPSA) is 78.8 Å². The minimum Gasteiger partial charge on any atom is -0.495 e. The number of nitrogens with one attached hydrogen (secondary N) is 3. The van der Waals surface area contributed by atoms with Gasteiger partial charge in [-0.1, -0.05) is 12.1 Å². The summed E-state index contributed by atoms with van der Waals surface area (Å²) in [4.78, 5) is 14.8. The number of hydrogen-bond donors (Lipinski definition) is 3. The lowest BCUT2D eigenvalue weighted by Gasteiger charge is -2.29.